The van der Waals surface area contributed by atoms with Crippen molar-refractivity contribution >= 4 is 28.9 Å². The maximum atomic E-state index is 13.3. The number of amides is 1. The average Bonchev–Trinajstić information content (AvgIpc) is 2.40. The highest BCUT2D eigenvalue weighted by atomic mass is 35.5. The summed E-state index contributed by atoms with van der Waals surface area (Å²) >= 11 is 5.89. The summed E-state index contributed by atoms with van der Waals surface area (Å²) in [6.07, 6.45) is 0. The largest absolute Gasteiger partial charge is 0.381 e. The number of rotatable bonds is 4. The van der Waals surface area contributed by atoms with Gasteiger partial charge in [-0.3, -0.25) is 4.79 Å². The third-order valence-electron chi connectivity index (χ3n) is 2.70. The van der Waals surface area contributed by atoms with Crippen LogP contribution in [-0.4, -0.2) is 5.91 Å². The smallest absolute Gasteiger partial charge is 0.221 e. The summed E-state index contributed by atoms with van der Waals surface area (Å²) < 4.78 is 13.3. The zero-order chi connectivity index (χ0) is 14.5. The van der Waals surface area contributed by atoms with E-state index < -0.39 is 5.82 Å². The van der Waals surface area contributed by atoms with Crippen molar-refractivity contribution in [3.05, 3.63) is 58.9 Å². The van der Waals surface area contributed by atoms with Gasteiger partial charge in [0.05, 0.1) is 5.02 Å². The second-order valence-electron chi connectivity index (χ2n) is 4.33. The van der Waals surface area contributed by atoms with E-state index in [1.54, 1.807) is 24.3 Å². The molecule has 3 nitrogen and oxygen atoms in total. The van der Waals surface area contributed by atoms with Crippen molar-refractivity contribution in [2.75, 3.05) is 10.6 Å². The fraction of sp³-hybridized carbons (Fsp3) is 0.133. The van der Waals surface area contributed by atoms with Crippen molar-refractivity contribution in [3.8, 4) is 0 Å². The van der Waals surface area contributed by atoms with Crippen LogP contribution in [0, 0.1) is 5.82 Å². The first kappa shape index (κ1) is 14.3. The van der Waals surface area contributed by atoms with Crippen LogP contribution < -0.4 is 10.6 Å². The predicted octanol–water partition coefficient (Wildman–Crippen LogP) is 4.05. The van der Waals surface area contributed by atoms with Crippen molar-refractivity contribution in [1.82, 2.24) is 0 Å². The molecule has 0 bridgehead atoms. The van der Waals surface area contributed by atoms with E-state index in [1.807, 2.05) is 12.1 Å². The van der Waals surface area contributed by atoms with Crippen molar-refractivity contribution < 1.29 is 9.18 Å². The van der Waals surface area contributed by atoms with E-state index in [-0.39, 0.29) is 10.9 Å². The van der Waals surface area contributed by atoms with Gasteiger partial charge in [-0.05, 0) is 29.8 Å². The number of halogens is 2. The lowest BCUT2D eigenvalue weighted by Gasteiger charge is -2.10. The van der Waals surface area contributed by atoms with Crippen LogP contribution in [-0.2, 0) is 11.3 Å². The van der Waals surface area contributed by atoms with Crippen LogP contribution in [0.4, 0.5) is 15.8 Å². The summed E-state index contributed by atoms with van der Waals surface area (Å²) in [7, 11) is 0. The summed E-state index contributed by atoms with van der Waals surface area (Å²) in [5, 5.41) is 5.96. The lowest BCUT2D eigenvalue weighted by Crippen LogP contribution is -2.06. The van der Waals surface area contributed by atoms with Gasteiger partial charge in [-0.15, -0.1) is 0 Å². The summed E-state index contributed by atoms with van der Waals surface area (Å²) in [6, 6.07) is 12.0. The monoisotopic (exact) mass is 292 g/mol. The Morgan fingerprint density at radius 3 is 2.65 bits per heavy atom. The van der Waals surface area contributed by atoms with Crippen LogP contribution in [0.2, 0.25) is 5.02 Å². The maximum absolute atomic E-state index is 13.3. The zero-order valence-electron chi connectivity index (χ0n) is 10.9. The Hall–Kier alpha value is -2.07. The first-order chi connectivity index (χ1) is 9.56. The van der Waals surface area contributed by atoms with Gasteiger partial charge < -0.3 is 10.6 Å². The van der Waals surface area contributed by atoms with E-state index in [9.17, 15) is 9.18 Å². The third kappa shape index (κ3) is 3.71. The number of nitrogens with one attached hydrogen (secondary N) is 2. The number of benzene rings is 2. The van der Waals surface area contributed by atoms with Gasteiger partial charge in [0.15, 0.2) is 0 Å². The van der Waals surface area contributed by atoms with Gasteiger partial charge in [0.1, 0.15) is 5.82 Å². The van der Waals surface area contributed by atoms with Crippen LogP contribution in [0.25, 0.3) is 0 Å². The van der Waals surface area contributed by atoms with Crippen LogP contribution in [0.1, 0.15) is 12.5 Å². The van der Waals surface area contributed by atoms with Crippen LogP contribution >= 0.6 is 11.6 Å². The minimum absolute atomic E-state index is 0.123. The van der Waals surface area contributed by atoms with Crippen LogP contribution in [0.3, 0.4) is 0 Å². The molecule has 0 aliphatic heterocycles. The van der Waals surface area contributed by atoms with E-state index in [1.165, 1.54) is 13.0 Å². The Bertz CT molecular complexity index is 631. The number of hydrogen-bond donors (Lipinski definition) is 2. The molecule has 5 heteroatoms. The van der Waals surface area contributed by atoms with Gasteiger partial charge in [0.25, 0.3) is 0 Å². The molecule has 104 valence electrons. The van der Waals surface area contributed by atoms with Crippen molar-refractivity contribution in [2.45, 2.75) is 13.5 Å². The first-order valence-electron chi connectivity index (χ1n) is 6.10. The molecule has 0 saturated heterocycles. The molecule has 0 unspecified atom stereocenters. The van der Waals surface area contributed by atoms with E-state index >= 15 is 0 Å². The molecule has 2 N–H and O–H groups in total. The van der Waals surface area contributed by atoms with Crippen molar-refractivity contribution in [1.29, 1.82) is 0 Å². The molecule has 0 fully saturated rings. The van der Waals surface area contributed by atoms with Gasteiger partial charge in [-0.25, -0.2) is 4.39 Å². The Kier molecular flexibility index (Phi) is 4.58. The quantitative estimate of drug-likeness (QED) is 0.892. The minimum atomic E-state index is -0.432. The fourth-order valence-corrected chi connectivity index (χ4v) is 1.99. The molecule has 0 aromatic heterocycles. The normalized spacial score (nSPS) is 10.2. The number of hydrogen-bond acceptors (Lipinski definition) is 2. The molecule has 0 saturated carbocycles. The molecule has 0 atom stereocenters. The maximum Gasteiger partial charge on any atom is 0.221 e. The van der Waals surface area contributed by atoms with E-state index in [2.05, 4.69) is 10.6 Å². The molecule has 0 spiro atoms. The molecular weight excluding hydrogens is 279 g/mol. The second-order valence-corrected chi connectivity index (χ2v) is 4.71. The molecule has 1 amide bonds. The molecule has 20 heavy (non-hydrogen) atoms. The zero-order valence-corrected chi connectivity index (χ0v) is 11.7. The standard InChI is InChI=1S/C15H14ClFN2O/c1-10(20)19-13-6-3-5-12(8-13)18-9-11-4-2-7-14(17)15(11)16/h2-8,18H,9H2,1H3,(H,19,20). The third-order valence-corrected chi connectivity index (χ3v) is 3.12. The highest BCUT2D eigenvalue weighted by molar-refractivity contribution is 6.31. The van der Waals surface area contributed by atoms with Crippen LogP contribution in [0.5, 0.6) is 0 Å². The van der Waals surface area contributed by atoms with Gasteiger partial charge >= 0.3 is 0 Å². The SMILES string of the molecule is CC(=O)Nc1cccc(NCc2cccc(F)c2Cl)c1. The lowest BCUT2D eigenvalue weighted by atomic mass is 10.2. The van der Waals surface area contributed by atoms with Gasteiger partial charge in [0, 0.05) is 24.8 Å². The summed E-state index contributed by atoms with van der Waals surface area (Å²) in [6.45, 7) is 1.85. The molecule has 0 radical (unpaired) electrons. The van der Waals surface area contributed by atoms with E-state index in [0.29, 0.717) is 17.8 Å². The first-order valence-corrected chi connectivity index (χ1v) is 6.48. The highest BCUT2D eigenvalue weighted by Gasteiger charge is 2.05. The Labute approximate surface area is 121 Å². The second kappa shape index (κ2) is 6.39. The highest BCUT2D eigenvalue weighted by Crippen LogP contribution is 2.21. The number of carbonyl (C=O) groups is 1. The van der Waals surface area contributed by atoms with E-state index in [4.69, 9.17) is 11.6 Å². The Morgan fingerprint density at radius 2 is 1.90 bits per heavy atom. The Balaban J connectivity index is 2.07. The molecule has 2 aromatic rings. The molecule has 0 aliphatic carbocycles. The summed E-state index contributed by atoms with van der Waals surface area (Å²) in [5.74, 6) is -0.562. The predicted molar refractivity (Wildman–Crippen MR) is 79.5 cm³/mol. The van der Waals surface area contributed by atoms with Gasteiger partial charge in [0.2, 0.25) is 5.91 Å². The average molecular weight is 293 g/mol. The van der Waals surface area contributed by atoms with Crippen molar-refractivity contribution in [2.24, 2.45) is 0 Å². The molecule has 0 heterocycles. The Morgan fingerprint density at radius 1 is 1.20 bits per heavy atom. The lowest BCUT2D eigenvalue weighted by molar-refractivity contribution is -0.114. The van der Waals surface area contributed by atoms with E-state index in [0.717, 1.165) is 5.69 Å². The van der Waals surface area contributed by atoms with Crippen LogP contribution in [0.15, 0.2) is 42.5 Å². The van der Waals surface area contributed by atoms with Gasteiger partial charge in [-0.1, -0.05) is 29.8 Å². The van der Waals surface area contributed by atoms with Crippen molar-refractivity contribution in [3.63, 3.8) is 0 Å². The molecule has 0 aliphatic rings. The molecular formula is C15H14ClFN2O. The number of carbonyl (C=O) groups excluding carboxylic acids is 1. The summed E-state index contributed by atoms with van der Waals surface area (Å²) in [5.41, 5.74) is 2.20. The molecule has 2 rings (SSSR count). The molecule has 2 aromatic carbocycles. The topological polar surface area (TPSA) is 41.1 Å². The minimum Gasteiger partial charge on any atom is -0.381 e. The van der Waals surface area contributed by atoms with Gasteiger partial charge in [-0.2, -0.15) is 0 Å². The number of anilines is 2. The fourth-order valence-electron chi connectivity index (χ4n) is 1.79. The summed E-state index contributed by atoms with van der Waals surface area (Å²) in [4.78, 5) is 11.0.